The van der Waals surface area contributed by atoms with Crippen LogP contribution < -0.4 is 21.1 Å². The predicted molar refractivity (Wildman–Crippen MR) is 79.9 cm³/mol. The molecule has 1 heterocycles. The Morgan fingerprint density at radius 3 is 2.90 bits per heavy atom. The summed E-state index contributed by atoms with van der Waals surface area (Å²) < 4.78 is 5.62. The third-order valence-corrected chi connectivity index (χ3v) is 3.48. The summed E-state index contributed by atoms with van der Waals surface area (Å²) in [5.41, 5.74) is 12.7. The highest BCUT2D eigenvalue weighted by molar-refractivity contribution is 5.95. The van der Waals surface area contributed by atoms with Gasteiger partial charge >= 0.3 is 0 Å². The van der Waals surface area contributed by atoms with Gasteiger partial charge in [0.2, 0.25) is 11.8 Å². The summed E-state index contributed by atoms with van der Waals surface area (Å²) in [5.74, 6) is 0.294. The molecule has 6 heteroatoms. The van der Waals surface area contributed by atoms with E-state index in [0.29, 0.717) is 31.7 Å². The summed E-state index contributed by atoms with van der Waals surface area (Å²) in [5, 5.41) is 0. The van der Waals surface area contributed by atoms with E-state index in [4.69, 9.17) is 16.2 Å². The molecule has 0 fully saturated rings. The first-order valence-corrected chi connectivity index (χ1v) is 7.10. The van der Waals surface area contributed by atoms with Crippen molar-refractivity contribution in [1.82, 2.24) is 0 Å². The number of benzene rings is 1. The third kappa shape index (κ3) is 3.72. The molecule has 1 aromatic carbocycles. The number of carbonyl (C=O) groups excluding carboxylic acids is 2. The lowest BCUT2D eigenvalue weighted by molar-refractivity contribution is -0.120. The summed E-state index contributed by atoms with van der Waals surface area (Å²) in [6, 6.07) is 5.50. The second-order valence-electron chi connectivity index (χ2n) is 5.23. The Morgan fingerprint density at radius 2 is 2.24 bits per heavy atom. The van der Waals surface area contributed by atoms with Gasteiger partial charge in [0.1, 0.15) is 5.75 Å². The van der Waals surface area contributed by atoms with Crippen molar-refractivity contribution in [3.05, 3.63) is 23.8 Å². The molecule has 1 aliphatic heterocycles. The van der Waals surface area contributed by atoms with Crippen LogP contribution in [0.4, 0.5) is 5.69 Å². The molecule has 4 N–H and O–H groups in total. The van der Waals surface area contributed by atoms with Crippen LogP contribution in [0.5, 0.6) is 5.75 Å². The summed E-state index contributed by atoms with van der Waals surface area (Å²) in [7, 11) is 0. The molecule has 0 spiro atoms. The number of amides is 2. The van der Waals surface area contributed by atoms with Gasteiger partial charge in [-0.25, -0.2) is 0 Å². The van der Waals surface area contributed by atoms with Crippen LogP contribution in [-0.2, 0) is 9.59 Å². The minimum absolute atomic E-state index is 0.0138. The SMILES string of the molecule is CC(N)c1ccc2c(c1)N(CCCC(N)=O)C(=O)CCO2. The van der Waals surface area contributed by atoms with Gasteiger partial charge in [0.15, 0.2) is 0 Å². The number of ether oxygens (including phenoxy) is 1. The predicted octanol–water partition coefficient (Wildman–Crippen LogP) is 1.09. The first-order valence-electron chi connectivity index (χ1n) is 7.10. The summed E-state index contributed by atoms with van der Waals surface area (Å²) >= 11 is 0. The second-order valence-corrected chi connectivity index (χ2v) is 5.23. The second kappa shape index (κ2) is 6.58. The number of nitrogens with zero attached hydrogens (tertiary/aromatic N) is 1. The standard InChI is InChI=1S/C15H21N3O3/c1-10(16)11-4-5-13-12(9-11)18(7-2-3-14(17)19)15(20)6-8-21-13/h4-5,9-10H,2-3,6-8,16H2,1H3,(H2,17,19). The summed E-state index contributed by atoms with van der Waals surface area (Å²) in [6.45, 7) is 2.69. The van der Waals surface area contributed by atoms with Gasteiger partial charge in [-0.05, 0) is 31.0 Å². The lowest BCUT2D eigenvalue weighted by atomic mass is 10.1. The van der Waals surface area contributed by atoms with Crippen molar-refractivity contribution in [2.45, 2.75) is 32.2 Å². The largest absolute Gasteiger partial charge is 0.491 e. The number of rotatable bonds is 5. The van der Waals surface area contributed by atoms with E-state index >= 15 is 0 Å². The number of fused-ring (bicyclic) bond motifs is 1. The molecule has 0 saturated carbocycles. The lowest BCUT2D eigenvalue weighted by Gasteiger charge is -2.23. The van der Waals surface area contributed by atoms with E-state index < -0.39 is 0 Å². The number of nitrogens with two attached hydrogens (primary N) is 2. The molecule has 1 aromatic rings. The monoisotopic (exact) mass is 291 g/mol. The first-order chi connectivity index (χ1) is 9.99. The first kappa shape index (κ1) is 15.3. The van der Waals surface area contributed by atoms with E-state index in [1.54, 1.807) is 4.90 Å². The average molecular weight is 291 g/mol. The molecule has 0 radical (unpaired) electrons. The van der Waals surface area contributed by atoms with Crippen LogP contribution in [0.3, 0.4) is 0 Å². The molecular formula is C15H21N3O3. The quantitative estimate of drug-likeness (QED) is 0.848. The number of hydrogen-bond donors (Lipinski definition) is 2. The molecule has 0 aromatic heterocycles. The number of primary amides is 1. The maximum atomic E-state index is 12.2. The topological polar surface area (TPSA) is 98.6 Å². The van der Waals surface area contributed by atoms with Crippen LogP contribution in [0.1, 0.15) is 37.8 Å². The van der Waals surface area contributed by atoms with E-state index in [0.717, 1.165) is 11.3 Å². The maximum absolute atomic E-state index is 12.2. The van der Waals surface area contributed by atoms with Gasteiger partial charge in [0, 0.05) is 19.0 Å². The van der Waals surface area contributed by atoms with Gasteiger partial charge in [-0.15, -0.1) is 0 Å². The molecule has 2 rings (SSSR count). The van der Waals surface area contributed by atoms with Gasteiger partial charge in [-0.1, -0.05) is 6.07 Å². The van der Waals surface area contributed by atoms with Gasteiger partial charge < -0.3 is 21.1 Å². The minimum Gasteiger partial charge on any atom is -0.491 e. The maximum Gasteiger partial charge on any atom is 0.230 e. The van der Waals surface area contributed by atoms with E-state index in [9.17, 15) is 9.59 Å². The van der Waals surface area contributed by atoms with Crippen LogP contribution in [0.25, 0.3) is 0 Å². The fraction of sp³-hybridized carbons (Fsp3) is 0.467. The van der Waals surface area contributed by atoms with Crippen molar-refractivity contribution in [3.8, 4) is 5.75 Å². The fourth-order valence-electron chi connectivity index (χ4n) is 2.32. The average Bonchev–Trinajstić information content (AvgIpc) is 2.57. The van der Waals surface area contributed by atoms with Gasteiger partial charge in [0.05, 0.1) is 18.7 Å². The van der Waals surface area contributed by atoms with Crippen LogP contribution in [-0.4, -0.2) is 25.0 Å². The molecule has 114 valence electrons. The Morgan fingerprint density at radius 1 is 1.48 bits per heavy atom. The van der Waals surface area contributed by atoms with E-state index in [-0.39, 0.29) is 24.3 Å². The Kier molecular flexibility index (Phi) is 4.80. The Hall–Kier alpha value is -2.08. The number of anilines is 1. The van der Waals surface area contributed by atoms with E-state index in [2.05, 4.69) is 0 Å². The molecular weight excluding hydrogens is 270 g/mol. The van der Waals surface area contributed by atoms with Gasteiger partial charge in [-0.3, -0.25) is 9.59 Å². The van der Waals surface area contributed by atoms with Crippen molar-refractivity contribution in [1.29, 1.82) is 0 Å². The Balaban J connectivity index is 2.27. The highest BCUT2D eigenvalue weighted by Gasteiger charge is 2.23. The Bertz CT molecular complexity index is 543. The molecule has 0 aliphatic carbocycles. The number of hydrogen-bond acceptors (Lipinski definition) is 4. The molecule has 1 aliphatic rings. The molecule has 0 bridgehead atoms. The number of carbonyl (C=O) groups is 2. The van der Waals surface area contributed by atoms with Crippen LogP contribution in [0.2, 0.25) is 0 Å². The smallest absolute Gasteiger partial charge is 0.230 e. The van der Waals surface area contributed by atoms with E-state index in [1.807, 2.05) is 25.1 Å². The van der Waals surface area contributed by atoms with Crippen molar-refractivity contribution >= 4 is 17.5 Å². The summed E-state index contributed by atoms with van der Waals surface area (Å²) in [6.07, 6.45) is 1.11. The molecule has 21 heavy (non-hydrogen) atoms. The molecule has 6 nitrogen and oxygen atoms in total. The highest BCUT2D eigenvalue weighted by Crippen LogP contribution is 2.33. The van der Waals surface area contributed by atoms with Gasteiger partial charge in [0.25, 0.3) is 0 Å². The highest BCUT2D eigenvalue weighted by atomic mass is 16.5. The van der Waals surface area contributed by atoms with Crippen LogP contribution >= 0.6 is 0 Å². The molecule has 1 atom stereocenters. The lowest BCUT2D eigenvalue weighted by Crippen LogP contribution is -2.32. The zero-order chi connectivity index (χ0) is 15.4. The molecule has 2 amide bonds. The van der Waals surface area contributed by atoms with E-state index in [1.165, 1.54) is 0 Å². The van der Waals surface area contributed by atoms with Crippen molar-refractivity contribution in [2.75, 3.05) is 18.1 Å². The molecule has 0 saturated heterocycles. The van der Waals surface area contributed by atoms with Crippen molar-refractivity contribution < 1.29 is 14.3 Å². The van der Waals surface area contributed by atoms with Crippen LogP contribution in [0, 0.1) is 0 Å². The minimum atomic E-state index is -0.363. The van der Waals surface area contributed by atoms with Crippen molar-refractivity contribution in [3.63, 3.8) is 0 Å². The summed E-state index contributed by atoms with van der Waals surface area (Å²) in [4.78, 5) is 24.8. The normalized spacial score (nSPS) is 15.9. The third-order valence-electron chi connectivity index (χ3n) is 3.48. The fourth-order valence-corrected chi connectivity index (χ4v) is 2.32. The van der Waals surface area contributed by atoms with Gasteiger partial charge in [-0.2, -0.15) is 0 Å². The van der Waals surface area contributed by atoms with Crippen molar-refractivity contribution in [2.24, 2.45) is 11.5 Å². The molecule has 1 unspecified atom stereocenters. The van der Waals surface area contributed by atoms with Crippen LogP contribution in [0.15, 0.2) is 18.2 Å². The Labute approximate surface area is 124 Å². The zero-order valence-corrected chi connectivity index (χ0v) is 12.2. The zero-order valence-electron chi connectivity index (χ0n) is 12.2.